The van der Waals surface area contributed by atoms with Gasteiger partial charge in [-0.15, -0.1) is 0 Å². The number of carbonyl (C=O) groups is 1. The Morgan fingerprint density at radius 2 is 1.85 bits per heavy atom. The number of amides is 2. The molecule has 3 rings (SSSR count). The van der Waals surface area contributed by atoms with Gasteiger partial charge >= 0.3 is 6.03 Å². The van der Waals surface area contributed by atoms with Gasteiger partial charge in [0.2, 0.25) is 0 Å². The van der Waals surface area contributed by atoms with Crippen molar-refractivity contribution in [2.45, 2.75) is 23.2 Å². The number of nitrogens with one attached hydrogen (secondary N) is 2. The molecule has 2 heterocycles. The van der Waals surface area contributed by atoms with E-state index in [4.69, 9.17) is 4.74 Å². The highest BCUT2D eigenvalue weighted by Gasteiger charge is 2.05. The molecule has 6 nitrogen and oxygen atoms in total. The first kappa shape index (κ1) is 18.9. The lowest BCUT2D eigenvalue weighted by Crippen LogP contribution is -2.28. The number of urea groups is 1. The van der Waals surface area contributed by atoms with E-state index < -0.39 is 0 Å². The summed E-state index contributed by atoms with van der Waals surface area (Å²) in [7, 11) is 1.66. The van der Waals surface area contributed by atoms with Crippen LogP contribution in [0.2, 0.25) is 0 Å². The van der Waals surface area contributed by atoms with Crippen LogP contribution in [0.25, 0.3) is 0 Å². The molecule has 0 saturated carbocycles. The second kappa shape index (κ2) is 9.70. The zero-order valence-corrected chi connectivity index (χ0v) is 15.7. The zero-order chi connectivity index (χ0) is 18.9. The SMILES string of the molecule is COCc1cccc(CNC(=O)Nc2ccnc(Sc3ccccn3)c2)c1. The van der Waals surface area contributed by atoms with Crippen molar-refractivity contribution >= 4 is 23.5 Å². The Kier molecular flexibility index (Phi) is 6.78. The molecule has 2 aromatic heterocycles. The molecule has 138 valence electrons. The van der Waals surface area contributed by atoms with E-state index in [1.54, 1.807) is 25.6 Å². The first-order valence-electron chi connectivity index (χ1n) is 8.39. The Bertz CT molecular complexity index is 890. The number of ether oxygens (including phenoxy) is 1. The average Bonchev–Trinajstić information content (AvgIpc) is 2.68. The number of aromatic nitrogens is 2. The summed E-state index contributed by atoms with van der Waals surface area (Å²) in [5, 5.41) is 7.30. The molecule has 2 amide bonds. The summed E-state index contributed by atoms with van der Waals surface area (Å²) in [4.78, 5) is 20.7. The Hall–Kier alpha value is -2.90. The van der Waals surface area contributed by atoms with Crippen LogP contribution in [-0.2, 0) is 17.9 Å². The molecule has 0 aliphatic carbocycles. The van der Waals surface area contributed by atoms with Crippen LogP contribution in [0.1, 0.15) is 11.1 Å². The molecule has 0 atom stereocenters. The third-order valence-electron chi connectivity index (χ3n) is 3.60. The van der Waals surface area contributed by atoms with Crippen LogP contribution in [0.15, 0.2) is 77.0 Å². The largest absolute Gasteiger partial charge is 0.380 e. The van der Waals surface area contributed by atoms with Gasteiger partial charge in [0.25, 0.3) is 0 Å². The van der Waals surface area contributed by atoms with E-state index in [0.29, 0.717) is 18.8 Å². The number of rotatable bonds is 7. The van der Waals surface area contributed by atoms with Crippen molar-refractivity contribution in [3.8, 4) is 0 Å². The van der Waals surface area contributed by atoms with Crippen LogP contribution in [0.5, 0.6) is 0 Å². The summed E-state index contributed by atoms with van der Waals surface area (Å²) in [6.07, 6.45) is 3.40. The summed E-state index contributed by atoms with van der Waals surface area (Å²) in [5.41, 5.74) is 2.76. The van der Waals surface area contributed by atoms with Gasteiger partial charge in [0, 0.05) is 31.7 Å². The summed E-state index contributed by atoms with van der Waals surface area (Å²) in [6.45, 7) is 0.984. The Labute approximate surface area is 162 Å². The predicted octanol–water partition coefficient (Wildman–Crippen LogP) is 4.10. The van der Waals surface area contributed by atoms with Gasteiger partial charge in [-0.2, -0.15) is 0 Å². The average molecular weight is 380 g/mol. The number of benzene rings is 1. The van der Waals surface area contributed by atoms with Gasteiger partial charge in [-0.1, -0.05) is 42.1 Å². The molecule has 0 aliphatic heterocycles. The standard InChI is InChI=1S/C20H20N4O2S/c1-26-14-16-6-4-5-15(11-16)13-23-20(25)24-17-8-10-22-19(12-17)27-18-7-2-3-9-21-18/h2-12H,13-14H2,1H3,(H2,22,23,24,25). The predicted molar refractivity (Wildman–Crippen MR) is 106 cm³/mol. The fourth-order valence-electron chi connectivity index (χ4n) is 2.41. The number of hydrogen-bond donors (Lipinski definition) is 2. The van der Waals surface area contributed by atoms with Crippen LogP contribution in [0.3, 0.4) is 0 Å². The van der Waals surface area contributed by atoms with Gasteiger partial charge in [0.1, 0.15) is 10.1 Å². The van der Waals surface area contributed by atoms with E-state index in [1.165, 1.54) is 11.8 Å². The monoisotopic (exact) mass is 380 g/mol. The summed E-state index contributed by atoms with van der Waals surface area (Å²) in [6, 6.07) is 16.9. The Morgan fingerprint density at radius 1 is 1.00 bits per heavy atom. The van der Waals surface area contributed by atoms with Gasteiger partial charge in [-0.3, -0.25) is 0 Å². The van der Waals surface area contributed by atoms with Crippen molar-refractivity contribution in [1.29, 1.82) is 0 Å². The molecule has 0 bridgehead atoms. The maximum Gasteiger partial charge on any atom is 0.319 e. The highest BCUT2D eigenvalue weighted by atomic mass is 32.2. The highest BCUT2D eigenvalue weighted by molar-refractivity contribution is 7.99. The first-order valence-corrected chi connectivity index (χ1v) is 9.21. The number of nitrogens with zero attached hydrogens (tertiary/aromatic N) is 2. The summed E-state index contributed by atoms with van der Waals surface area (Å²) < 4.78 is 5.13. The molecule has 3 aromatic rings. The Balaban J connectivity index is 1.55. The van der Waals surface area contributed by atoms with E-state index in [1.807, 2.05) is 48.5 Å². The lowest BCUT2D eigenvalue weighted by Gasteiger charge is -2.09. The third-order valence-corrected chi connectivity index (χ3v) is 4.48. The number of hydrogen-bond acceptors (Lipinski definition) is 5. The smallest absolute Gasteiger partial charge is 0.319 e. The second-order valence-corrected chi connectivity index (χ2v) is 6.75. The second-order valence-electron chi connectivity index (χ2n) is 5.71. The van der Waals surface area contributed by atoms with E-state index in [9.17, 15) is 4.79 Å². The number of carbonyl (C=O) groups excluding carboxylic acids is 1. The summed E-state index contributed by atoms with van der Waals surface area (Å²) >= 11 is 1.44. The molecule has 0 aliphatic rings. The minimum atomic E-state index is -0.271. The lowest BCUT2D eigenvalue weighted by molar-refractivity contribution is 0.185. The highest BCUT2D eigenvalue weighted by Crippen LogP contribution is 2.25. The van der Waals surface area contributed by atoms with E-state index >= 15 is 0 Å². The van der Waals surface area contributed by atoms with Gasteiger partial charge in [-0.25, -0.2) is 14.8 Å². The van der Waals surface area contributed by atoms with Gasteiger partial charge in [0.05, 0.1) is 6.61 Å². The van der Waals surface area contributed by atoms with Crippen LogP contribution >= 0.6 is 11.8 Å². The molecule has 2 N–H and O–H groups in total. The number of methoxy groups -OCH3 is 1. The molecule has 27 heavy (non-hydrogen) atoms. The van der Waals surface area contributed by atoms with Crippen LogP contribution < -0.4 is 10.6 Å². The van der Waals surface area contributed by atoms with Crippen molar-refractivity contribution < 1.29 is 9.53 Å². The van der Waals surface area contributed by atoms with E-state index in [0.717, 1.165) is 21.2 Å². The normalized spacial score (nSPS) is 10.4. The molecule has 0 saturated heterocycles. The topological polar surface area (TPSA) is 76.1 Å². The molecule has 0 fully saturated rings. The molecule has 0 spiro atoms. The third kappa shape index (κ3) is 6.09. The van der Waals surface area contributed by atoms with Crippen LogP contribution in [-0.4, -0.2) is 23.1 Å². The van der Waals surface area contributed by atoms with Gasteiger partial charge < -0.3 is 15.4 Å². The fraction of sp³-hybridized carbons (Fsp3) is 0.150. The van der Waals surface area contributed by atoms with E-state index in [-0.39, 0.29) is 6.03 Å². The molecule has 7 heteroatoms. The van der Waals surface area contributed by atoms with Crippen molar-refractivity contribution in [3.63, 3.8) is 0 Å². The molecular weight excluding hydrogens is 360 g/mol. The zero-order valence-electron chi connectivity index (χ0n) is 14.9. The van der Waals surface area contributed by atoms with Crippen LogP contribution in [0, 0.1) is 0 Å². The van der Waals surface area contributed by atoms with Crippen molar-refractivity contribution in [2.24, 2.45) is 0 Å². The maximum absolute atomic E-state index is 12.2. The number of anilines is 1. The van der Waals surface area contributed by atoms with Crippen molar-refractivity contribution in [2.75, 3.05) is 12.4 Å². The minimum Gasteiger partial charge on any atom is -0.380 e. The van der Waals surface area contributed by atoms with Crippen molar-refractivity contribution in [1.82, 2.24) is 15.3 Å². The molecule has 0 radical (unpaired) electrons. The van der Waals surface area contributed by atoms with Gasteiger partial charge in [0.15, 0.2) is 0 Å². The fourth-order valence-corrected chi connectivity index (χ4v) is 3.19. The van der Waals surface area contributed by atoms with Crippen molar-refractivity contribution in [3.05, 3.63) is 78.1 Å². The van der Waals surface area contributed by atoms with Crippen LogP contribution in [0.4, 0.5) is 10.5 Å². The maximum atomic E-state index is 12.2. The summed E-state index contributed by atoms with van der Waals surface area (Å²) in [5.74, 6) is 0. The Morgan fingerprint density at radius 3 is 2.67 bits per heavy atom. The molecule has 0 unspecified atom stereocenters. The van der Waals surface area contributed by atoms with E-state index in [2.05, 4.69) is 20.6 Å². The minimum absolute atomic E-state index is 0.271. The number of pyridine rings is 2. The molecule has 1 aromatic carbocycles. The van der Waals surface area contributed by atoms with Gasteiger partial charge in [-0.05, 0) is 35.4 Å². The first-order chi connectivity index (χ1) is 13.2. The quantitative estimate of drug-likeness (QED) is 0.645. The molecular formula is C20H20N4O2S. The lowest BCUT2D eigenvalue weighted by atomic mass is 10.1.